The molecule has 0 spiro atoms. The predicted molar refractivity (Wildman–Crippen MR) is 49.2 cm³/mol. The van der Waals surface area contributed by atoms with Crippen LogP contribution in [0.5, 0.6) is 0 Å². The van der Waals surface area contributed by atoms with E-state index in [1.807, 2.05) is 0 Å². The Balaban J connectivity index is 2.30. The normalized spacial score (nSPS) is 28.4. The zero-order valence-corrected chi connectivity index (χ0v) is 8.36. The van der Waals surface area contributed by atoms with Crippen LogP contribution in [0.2, 0.25) is 0 Å². The molecule has 1 saturated carbocycles. The van der Waals surface area contributed by atoms with Gasteiger partial charge in [-0.2, -0.15) is 8.78 Å². The molecule has 1 aliphatic carbocycles. The molecule has 0 radical (unpaired) electrons. The van der Waals surface area contributed by atoms with Gasteiger partial charge in [-0.1, -0.05) is 6.42 Å². The van der Waals surface area contributed by atoms with Crippen LogP contribution in [0.15, 0.2) is 0 Å². The standard InChI is InChI=1S/C9H16F4N2/c10-8(11)9(12,13)5-15-7-3-1-2-6(14)4-7/h6-8,15H,1-5,14H2. The van der Waals surface area contributed by atoms with Crippen LogP contribution in [0, 0.1) is 0 Å². The third-order valence-corrected chi connectivity index (χ3v) is 2.66. The fourth-order valence-electron chi connectivity index (χ4n) is 1.77. The Labute approximate surface area is 86.2 Å². The van der Waals surface area contributed by atoms with Crippen molar-refractivity contribution in [2.45, 2.75) is 50.1 Å². The Bertz CT molecular complexity index is 199. The summed E-state index contributed by atoms with van der Waals surface area (Å²) in [7, 11) is 0. The summed E-state index contributed by atoms with van der Waals surface area (Å²) >= 11 is 0. The van der Waals surface area contributed by atoms with Crippen LogP contribution < -0.4 is 11.1 Å². The molecule has 6 heteroatoms. The van der Waals surface area contributed by atoms with Gasteiger partial charge < -0.3 is 11.1 Å². The van der Waals surface area contributed by atoms with Crippen molar-refractivity contribution in [1.82, 2.24) is 5.32 Å². The second-order valence-electron chi connectivity index (χ2n) is 4.07. The van der Waals surface area contributed by atoms with Gasteiger partial charge in [-0.15, -0.1) is 0 Å². The van der Waals surface area contributed by atoms with E-state index in [0.717, 1.165) is 19.3 Å². The van der Waals surface area contributed by atoms with Crippen LogP contribution in [-0.2, 0) is 0 Å². The minimum atomic E-state index is -3.94. The van der Waals surface area contributed by atoms with Gasteiger partial charge >= 0.3 is 12.3 Å². The van der Waals surface area contributed by atoms with E-state index in [9.17, 15) is 17.6 Å². The molecule has 3 N–H and O–H groups in total. The summed E-state index contributed by atoms with van der Waals surface area (Å²) in [6.45, 7) is -0.970. The van der Waals surface area contributed by atoms with E-state index in [0.29, 0.717) is 6.42 Å². The highest BCUT2D eigenvalue weighted by Gasteiger charge is 2.40. The minimum absolute atomic E-state index is 0.00331. The Hall–Kier alpha value is -0.360. The van der Waals surface area contributed by atoms with Crippen molar-refractivity contribution in [2.24, 2.45) is 5.73 Å². The Morgan fingerprint density at radius 1 is 1.33 bits per heavy atom. The number of halogens is 4. The fraction of sp³-hybridized carbons (Fsp3) is 1.00. The van der Waals surface area contributed by atoms with E-state index in [1.165, 1.54) is 0 Å². The molecule has 0 saturated heterocycles. The average Bonchev–Trinajstić information content (AvgIpc) is 2.15. The summed E-state index contributed by atoms with van der Waals surface area (Å²) in [6.07, 6.45) is -0.559. The summed E-state index contributed by atoms with van der Waals surface area (Å²) in [5.41, 5.74) is 5.65. The topological polar surface area (TPSA) is 38.0 Å². The van der Waals surface area contributed by atoms with E-state index in [2.05, 4.69) is 5.32 Å². The lowest BCUT2D eigenvalue weighted by molar-refractivity contribution is -0.126. The SMILES string of the molecule is NC1CCCC(NCC(F)(F)C(F)F)C1. The molecule has 0 aromatic carbocycles. The second kappa shape index (κ2) is 5.12. The number of nitrogens with one attached hydrogen (secondary N) is 1. The minimum Gasteiger partial charge on any atom is -0.328 e. The van der Waals surface area contributed by atoms with Crippen molar-refractivity contribution < 1.29 is 17.6 Å². The summed E-state index contributed by atoms with van der Waals surface area (Å²) in [5, 5.41) is 2.46. The second-order valence-corrected chi connectivity index (χ2v) is 4.07. The summed E-state index contributed by atoms with van der Waals surface area (Å²) < 4.78 is 48.8. The molecule has 0 aromatic rings. The molecule has 1 aliphatic rings. The lowest BCUT2D eigenvalue weighted by Crippen LogP contribution is -2.46. The lowest BCUT2D eigenvalue weighted by atomic mass is 9.91. The molecule has 0 aromatic heterocycles. The molecule has 2 unspecified atom stereocenters. The zero-order chi connectivity index (χ0) is 11.5. The van der Waals surface area contributed by atoms with Gasteiger partial charge in [0.05, 0.1) is 6.54 Å². The number of nitrogens with two attached hydrogens (primary N) is 1. The average molecular weight is 228 g/mol. The molecule has 0 bridgehead atoms. The van der Waals surface area contributed by atoms with Gasteiger partial charge in [0.15, 0.2) is 0 Å². The molecule has 90 valence electrons. The first-order chi connectivity index (χ1) is 6.92. The molecule has 1 fully saturated rings. The van der Waals surface area contributed by atoms with Gasteiger partial charge in [0, 0.05) is 12.1 Å². The van der Waals surface area contributed by atoms with E-state index in [4.69, 9.17) is 5.73 Å². The first-order valence-corrected chi connectivity index (χ1v) is 5.07. The molecular weight excluding hydrogens is 212 g/mol. The maximum absolute atomic E-state index is 12.6. The summed E-state index contributed by atoms with van der Waals surface area (Å²) in [4.78, 5) is 0. The quantitative estimate of drug-likeness (QED) is 0.719. The number of alkyl halides is 4. The first-order valence-electron chi connectivity index (χ1n) is 5.07. The highest BCUT2D eigenvalue weighted by molar-refractivity contribution is 4.82. The molecule has 15 heavy (non-hydrogen) atoms. The third kappa shape index (κ3) is 3.95. The monoisotopic (exact) mass is 228 g/mol. The van der Waals surface area contributed by atoms with Crippen LogP contribution in [0.3, 0.4) is 0 Å². The van der Waals surface area contributed by atoms with Crippen LogP contribution in [0.1, 0.15) is 25.7 Å². The van der Waals surface area contributed by atoms with Gasteiger partial charge in [-0.05, 0) is 19.3 Å². The Morgan fingerprint density at radius 3 is 2.53 bits per heavy atom. The highest BCUT2D eigenvalue weighted by atomic mass is 19.3. The van der Waals surface area contributed by atoms with Gasteiger partial charge in [-0.25, -0.2) is 8.78 Å². The van der Waals surface area contributed by atoms with Crippen molar-refractivity contribution in [3.63, 3.8) is 0 Å². The van der Waals surface area contributed by atoms with E-state index < -0.39 is 18.9 Å². The van der Waals surface area contributed by atoms with Crippen LogP contribution in [-0.4, -0.2) is 31.0 Å². The predicted octanol–water partition coefficient (Wildman–Crippen LogP) is 1.75. The van der Waals surface area contributed by atoms with E-state index in [1.54, 1.807) is 0 Å². The van der Waals surface area contributed by atoms with Crippen molar-refractivity contribution >= 4 is 0 Å². The third-order valence-electron chi connectivity index (χ3n) is 2.66. The van der Waals surface area contributed by atoms with Crippen molar-refractivity contribution in [2.75, 3.05) is 6.54 Å². The summed E-state index contributed by atoms with van der Waals surface area (Å²) in [6, 6.07) is -0.158. The Morgan fingerprint density at radius 2 is 2.00 bits per heavy atom. The fourth-order valence-corrected chi connectivity index (χ4v) is 1.77. The maximum Gasteiger partial charge on any atom is 0.319 e. The molecule has 2 atom stereocenters. The number of hydrogen-bond donors (Lipinski definition) is 2. The van der Waals surface area contributed by atoms with Crippen LogP contribution in [0.25, 0.3) is 0 Å². The van der Waals surface area contributed by atoms with Gasteiger partial charge in [0.2, 0.25) is 0 Å². The van der Waals surface area contributed by atoms with Crippen LogP contribution >= 0.6 is 0 Å². The summed E-state index contributed by atoms with van der Waals surface area (Å²) in [5.74, 6) is -3.94. The maximum atomic E-state index is 12.6. The Kier molecular flexibility index (Phi) is 4.33. The number of hydrogen-bond acceptors (Lipinski definition) is 2. The van der Waals surface area contributed by atoms with Crippen molar-refractivity contribution in [3.8, 4) is 0 Å². The smallest absolute Gasteiger partial charge is 0.319 e. The van der Waals surface area contributed by atoms with Crippen molar-refractivity contribution in [3.05, 3.63) is 0 Å². The molecular formula is C9H16F4N2. The van der Waals surface area contributed by atoms with E-state index in [-0.39, 0.29) is 12.1 Å². The van der Waals surface area contributed by atoms with E-state index >= 15 is 0 Å². The molecule has 1 rings (SSSR count). The van der Waals surface area contributed by atoms with Gasteiger partial charge in [0.1, 0.15) is 0 Å². The lowest BCUT2D eigenvalue weighted by Gasteiger charge is -2.28. The van der Waals surface area contributed by atoms with Gasteiger partial charge in [0.25, 0.3) is 0 Å². The first kappa shape index (κ1) is 12.7. The molecule has 0 heterocycles. The van der Waals surface area contributed by atoms with Crippen molar-refractivity contribution in [1.29, 1.82) is 0 Å². The van der Waals surface area contributed by atoms with Gasteiger partial charge in [-0.3, -0.25) is 0 Å². The molecule has 0 aliphatic heterocycles. The highest BCUT2D eigenvalue weighted by Crippen LogP contribution is 2.23. The number of rotatable bonds is 4. The molecule has 2 nitrogen and oxygen atoms in total. The zero-order valence-electron chi connectivity index (χ0n) is 8.36. The largest absolute Gasteiger partial charge is 0.328 e. The molecule has 0 amide bonds. The van der Waals surface area contributed by atoms with Crippen LogP contribution in [0.4, 0.5) is 17.6 Å².